The molecule has 2 aromatic carbocycles. The summed E-state index contributed by atoms with van der Waals surface area (Å²) in [4.78, 5) is 2.54. The fourth-order valence-corrected chi connectivity index (χ4v) is 3.69. The van der Waals surface area contributed by atoms with Crippen molar-refractivity contribution in [1.82, 2.24) is 4.90 Å². The Bertz CT molecular complexity index is 560. The van der Waals surface area contributed by atoms with Crippen LogP contribution in [0.15, 0.2) is 60.7 Å². The topological polar surface area (TPSA) is 63.9 Å². The third kappa shape index (κ3) is 8.22. The smallest absolute Gasteiger partial charge is 0.0634 e. The summed E-state index contributed by atoms with van der Waals surface area (Å²) in [7, 11) is 2.00. The van der Waals surface area contributed by atoms with Crippen LogP contribution in [-0.2, 0) is 13.1 Å². The normalized spacial score (nSPS) is 21.5. The van der Waals surface area contributed by atoms with Gasteiger partial charge in [0.25, 0.3) is 0 Å². The molecule has 0 aliphatic heterocycles. The van der Waals surface area contributed by atoms with Crippen LogP contribution in [-0.4, -0.2) is 46.1 Å². The van der Waals surface area contributed by atoms with E-state index >= 15 is 0 Å². The summed E-state index contributed by atoms with van der Waals surface area (Å²) in [5.41, 5.74) is 2.16. The summed E-state index contributed by atoms with van der Waals surface area (Å²) in [6.07, 6.45) is 4.08. The Morgan fingerprint density at radius 1 is 0.852 bits per heavy atom. The van der Waals surface area contributed by atoms with Gasteiger partial charge in [0.15, 0.2) is 0 Å². The second kappa shape index (κ2) is 12.6. The number of aliphatic hydroxyl groups excluding tert-OH is 2. The molecule has 2 aromatic rings. The van der Waals surface area contributed by atoms with Crippen molar-refractivity contribution in [3.63, 3.8) is 0 Å². The van der Waals surface area contributed by atoms with Gasteiger partial charge in [0.2, 0.25) is 0 Å². The zero-order valence-electron chi connectivity index (χ0n) is 16.9. The molecule has 0 saturated heterocycles. The van der Waals surface area contributed by atoms with E-state index in [0.29, 0.717) is 6.04 Å². The maximum Gasteiger partial charge on any atom is 0.0634 e. The zero-order chi connectivity index (χ0) is 20.1. The summed E-state index contributed by atoms with van der Waals surface area (Å²) in [6.45, 7) is 3.87. The molecule has 0 unspecified atom stereocenters. The van der Waals surface area contributed by atoms with Crippen molar-refractivity contribution < 1.29 is 15.3 Å². The number of hydrogen-bond donors (Lipinski definition) is 3. The molecule has 0 spiro atoms. The first kappa shape index (κ1) is 23.3. The van der Waals surface area contributed by atoms with Crippen molar-refractivity contribution in [2.24, 2.45) is 0 Å². The first-order valence-electron chi connectivity index (χ1n) is 9.56. The van der Waals surface area contributed by atoms with Crippen LogP contribution in [0.4, 0.5) is 0 Å². The van der Waals surface area contributed by atoms with Gasteiger partial charge in [0, 0.05) is 33.4 Å². The molecule has 150 valence electrons. The number of benzene rings is 2. The fourth-order valence-electron chi connectivity index (χ4n) is 3.69. The highest BCUT2D eigenvalue weighted by Gasteiger charge is 2.33. The second-order valence-electron chi connectivity index (χ2n) is 7.12. The highest BCUT2D eigenvalue weighted by atomic mass is 16.3. The van der Waals surface area contributed by atoms with Gasteiger partial charge >= 0.3 is 0 Å². The van der Waals surface area contributed by atoms with Crippen LogP contribution in [0.2, 0.25) is 0 Å². The Morgan fingerprint density at radius 2 is 1.30 bits per heavy atom. The molecule has 0 heterocycles. The minimum absolute atomic E-state index is 0.444. The summed E-state index contributed by atoms with van der Waals surface area (Å²) in [5.74, 6) is 0. The lowest BCUT2D eigenvalue weighted by molar-refractivity contribution is -0.0203. The first-order valence-corrected chi connectivity index (χ1v) is 9.56. The second-order valence-corrected chi connectivity index (χ2v) is 7.12. The highest BCUT2D eigenvalue weighted by molar-refractivity contribution is 5.17. The third-order valence-corrected chi connectivity index (χ3v) is 4.90. The van der Waals surface area contributed by atoms with E-state index in [4.69, 9.17) is 10.2 Å². The van der Waals surface area contributed by atoms with Gasteiger partial charge in [0.1, 0.15) is 0 Å². The molecule has 4 heteroatoms. The molecule has 1 aliphatic rings. The largest absolute Gasteiger partial charge is 0.400 e. The molecule has 3 rings (SSSR count). The van der Waals surface area contributed by atoms with Gasteiger partial charge in [-0.15, -0.1) is 0 Å². The molecule has 0 aromatic heterocycles. The summed E-state index contributed by atoms with van der Waals surface area (Å²) < 4.78 is 0. The van der Waals surface area contributed by atoms with Gasteiger partial charge in [0.05, 0.1) is 5.60 Å². The summed E-state index contributed by atoms with van der Waals surface area (Å²) in [6, 6.07) is 21.8. The van der Waals surface area contributed by atoms with E-state index in [2.05, 4.69) is 65.6 Å². The molecule has 3 N–H and O–H groups in total. The highest BCUT2D eigenvalue weighted by Crippen LogP contribution is 2.32. The molecule has 27 heavy (non-hydrogen) atoms. The Morgan fingerprint density at radius 3 is 1.70 bits per heavy atom. The maximum atomic E-state index is 10.5. The third-order valence-electron chi connectivity index (χ3n) is 4.90. The van der Waals surface area contributed by atoms with Crippen molar-refractivity contribution in [2.75, 3.05) is 14.2 Å². The SMILES string of the molecule is CO.CO.C[C@@]1(O)CCC[C@@H](N(Cc2ccccc2)Cc2ccccc2)C1. The summed E-state index contributed by atoms with van der Waals surface area (Å²) in [5, 5.41) is 24.5. The van der Waals surface area contributed by atoms with E-state index in [-0.39, 0.29) is 0 Å². The van der Waals surface area contributed by atoms with Crippen LogP contribution in [0.5, 0.6) is 0 Å². The van der Waals surface area contributed by atoms with E-state index in [0.717, 1.165) is 46.6 Å². The number of rotatable bonds is 5. The molecule has 1 aliphatic carbocycles. The minimum atomic E-state index is -0.519. The lowest BCUT2D eigenvalue weighted by Crippen LogP contribution is -2.44. The van der Waals surface area contributed by atoms with E-state index in [1.54, 1.807) is 0 Å². The number of nitrogens with zero attached hydrogens (tertiary/aromatic N) is 1. The molecule has 0 amide bonds. The van der Waals surface area contributed by atoms with Crippen LogP contribution in [0, 0.1) is 0 Å². The quantitative estimate of drug-likeness (QED) is 0.749. The lowest BCUT2D eigenvalue weighted by atomic mass is 9.82. The maximum absolute atomic E-state index is 10.5. The number of aliphatic hydroxyl groups is 3. The van der Waals surface area contributed by atoms with Crippen LogP contribution >= 0.6 is 0 Å². The van der Waals surface area contributed by atoms with Gasteiger partial charge in [-0.05, 0) is 43.7 Å². The van der Waals surface area contributed by atoms with Crippen molar-refractivity contribution in [3.8, 4) is 0 Å². The molecule has 0 bridgehead atoms. The van der Waals surface area contributed by atoms with Crippen LogP contribution < -0.4 is 0 Å². The van der Waals surface area contributed by atoms with Gasteiger partial charge in [-0.25, -0.2) is 0 Å². The van der Waals surface area contributed by atoms with Gasteiger partial charge in [-0.3, -0.25) is 4.90 Å². The average molecular weight is 374 g/mol. The predicted octanol–water partition coefficient (Wildman–Crippen LogP) is 3.60. The van der Waals surface area contributed by atoms with Crippen molar-refractivity contribution in [3.05, 3.63) is 71.8 Å². The fraction of sp³-hybridized carbons (Fsp3) is 0.478. The van der Waals surface area contributed by atoms with E-state index in [1.165, 1.54) is 17.5 Å². The van der Waals surface area contributed by atoms with E-state index in [9.17, 15) is 5.11 Å². The molecular formula is C23H35NO3. The lowest BCUT2D eigenvalue weighted by Gasteiger charge is -2.40. The predicted molar refractivity (Wildman–Crippen MR) is 111 cm³/mol. The Hall–Kier alpha value is -1.72. The van der Waals surface area contributed by atoms with E-state index in [1.807, 2.05) is 6.92 Å². The Balaban J connectivity index is 0.000000855. The minimum Gasteiger partial charge on any atom is -0.400 e. The monoisotopic (exact) mass is 373 g/mol. The average Bonchev–Trinajstić information content (AvgIpc) is 2.71. The molecule has 1 saturated carbocycles. The van der Waals surface area contributed by atoms with Gasteiger partial charge in [-0.2, -0.15) is 0 Å². The van der Waals surface area contributed by atoms with E-state index < -0.39 is 5.60 Å². The zero-order valence-corrected chi connectivity index (χ0v) is 16.9. The van der Waals surface area contributed by atoms with Gasteiger partial charge in [-0.1, -0.05) is 60.7 Å². The van der Waals surface area contributed by atoms with Crippen LogP contribution in [0.25, 0.3) is 0 Å². The first-order chi connectivity index (χ1) is 13.1. The Kier molecular flexibility index (Phi) is 10.9. The van der Waals surface area contributed by atoms with Crippen LogP contribution in [0.1, 0.15) is 43.7 Å². The molecule has 0 radical (unpaired) electrons. The Labute approximate surface area is 164 Å². The number of hydrogen-bond acceptors (Lipinski definition) is 4. The van der Waals surface area contributed by atoms with Crippen molar-refractivity contribution >= 4 is 0 Å². The molecular weight excluding hydrogens is 338 g/mol. The van der Waals surface area contributed by atoms with Crippen LogP contribution in [0.3, 0.4) is 0 Å². The van der Waals surface area contributed by atoms with Crippen molar-refractivity contribution in [2.45, 2.75) is 57.3 Å². The molecule has 2 atom stereocenters. The van der Waals surface area contributed by atoms with Crippen molar-refractivity contribution in [1.29, 1.82) is 0 Å². The molecule has 4 nitrogen and oxygen atoms in total. The standard InChI is InChI=1S/C21H27NO.2CH4O/c1-21(23)14-8-13-20(15-21)22(16-18-9-4-2-5-10-18)17-19-11-6-3-7-12-19;2*1-2/h2-7,9-12,20,23H,8,13-17H2,1H3;2*2H,1H3/t20-,21-;;/m1../s1. The molecule has 1 fully saturated rings. The van der Waals surface area contributed by atoms with Gasteiger partial charge < -0.3 is 15.3 Å². The summed E-state index contributed by atoms with van der Waals surface area (Å²) >= 11 is 0.